The summed E-state index contributed by atoms with van der Waals surface area (Å²) in [4.78, 5) is 2.44. The van der Waals surface area contributed by atoms with Crippen molar-refractivity contribution in [2.24, 2.45) is 0 Å². The highest BCUT2D eigenvalue weighted by atomic mass is 16.3. The molecule has 1 unspecified atom stereocenters. The number of aliphatic hydroxyl groups is 1. The van der Waals surface area contributed by atoms with Gasteiger partial charge in [0, 0.05) is 12.6 Å². The van der Waals surface area contributed by atoms with Gasteiger partial charge in [-0.2, -0.15) is 0 Å². The highest BCUT2D eigenvalue weighted by Gasteiger charge is 2.21. The third kappa shape index (κ3) is 2.65. The van der Waals surface area contributed by atoms with E-state index in [9.17, 15) is 5.11 Å². The predicted octanol–water partition coefficient (Wildman–Crippen LogP) is 3.19. The molecule has 1 atom stereocenters. The summed E-state index contributed by atoms with van der Waals surface area (Å²) in [6, 6.07) is 15.4. The van der Waals surface area contributed by atoms with Crippen LogP contribution in [0.3, 0.4) is 0 Å². The van der Waals surface area contributed by atoms with E-state index in [1.54, 1.807) is 0 Å². The van der Waals surface area contributed by atoms with Crippen molar-refractivity contribution < 1.29 is 5.11 Å². The van der Waals surface area contributed by atoms with Crippen molar-refractivity contribution in [2.45, 2.75) is 31.8 Å². The molecule has 1 aliphatic heterocycles. The lowest BCUT2D eigenvalue weighted by Crippen LogP contribution is -2.41. The van der Waals surface area contributed by atoms with Gasteiger partial charge in [0.15, 0.2) is 0 Å². The lowest BCUT2D eigenvalue weighted by molar-refractivity contribution is 0.0845. The predicted molar refractivity (Wildman–Crippen MR) is 79.1 cm³/mol. The van der Waals surface area contributed by atoms with Gasteiger partial charge in [0.2, 0.25) is 0 Å². The van der Waals surface area contributed by atoms with Crippen LogP contribution in [-0.2, 0) is 6.54 Å². The highest BCUT2D eigenvalue weighted by molar-refractivity contribution is 5.85. The number of benzene rings is 2. The van der Waals surface area contributed by atoms with Crippen molar-refractivity contribution in [2.75, 3.05) is 13.2 Å². The van der Waals surface area contributed by atoms with E-state index in [1.807, 2.05) is 0 Å². The molecular weight excluding hydrogens is 234 g/mol. The summed E-state index contributed by atoms with van der Waals surface area (Å²) in [6.07, 6.45) is 3.62. The quantitative estimate of drug-likeness (QED) is 0.910. The van der Waals surface area contributed by atoms with Crippen molar-refractivity contribution in [1.82, 2.24) is 4.90 Å². The van der Waals surface area contributed by atoms with Crippen LogP contribution >= 0.6 is 0 Å². The van der Waals surface area contributed by atoms with Crippen LogP contribution < -0.4 is 0 Å². The number of piperidine rings is 1. The summed E-state index contributed by atoms with van der Waals surface area (Å²) in [7, 11) is 0. The first-order chi connectivity index (χ1) is 9.38. The molecule has 0 aliphatic carbocycles. The second kappa shape index (κ2) is 5.72. The van der Waals surface area contributed by atoms with Crippen LogP contribution in [0, 0.1) is 0 Å². The smallest absolute Gasteiger partial charge is 0.0586 e. The Morgan fingerprint density at radius 1 is 1.05 bits per heavy atom. The van der Waals surface area contributed by atoms with E-state index in [2.05, 4.69) is 47.4 Å². The number of aliphatic hydroxyl groups excluding tert-OH is 1. The van der Waals surface area contributed by atoms with E-state index in [4.69, 9.17) is 0 Å². The fourth-order valence-electron chi connectivity index (χ4n) is 3.12. The Kier molecular flexibility index (Phi) is 3.81. The van der Waals surface area contributed by atoms with Crippen molar-refractivity contribution in [3.05, 3.63) is 48.0 Å². The highest BCUT2D eigenvalue weighted by Crippen LogP contribution is 2.24. The summed E-state index contributed by atoms with van der Waals surface area (Å²) < 4.78 is 0. The maximum Gasteiger partial charge on any atom is 0.0586 e. The molecule has 0 amide bonds. The maximum atomic E-state index is 9.51. The fraction of sp³-hybridized carbons (Fsp3) is 0.412. The number of fused-ring (bicyclic) bond motifs is 1. The molecule has 0 radical (unpaired) electrons. The van der Waals surface area contributed by atoms with Crippen molar-refractivity contribution in [3.63, 3.8) is 0 Å². The molecular formula is C17H21NO. The van der Waals surface area contributed by atoms with Crippen molar-refractivity contribution in [1.29, 1.82) is 0 Å². The average molecular weight is 255 g/mol. The zero-order valence-electron chi connectivity index (χ0n) is 11.3. The molecule has 2 nitrogen and oxygen atoms in total. The number of hydrogen-bond acceptors (Lipinski definition) is 2. The Bertz CT molecular complexity index is 546. The van der Waals surface area contributed by atoms with Crippen LogP contribution in [0.1, 0.15) is 24.8 Å². The zero-order chi connectivity index (χ0) is 13.1. The van der Waals surface area contributed by atoms with E-state index < -0.39 is 0 Å². The van der Waals surface area contributed by atoms with Gasteiger partial charge < -0.3 is 5.11 Å². The molecule has 0 saturated carbocycles. The molecule has 1 aliphatic rings. The average Bonchev–Trinajstić information content (AvgIpc) is 2.48. The molecule has 2 aromatic carbocycles. The molecule has 1 N–H and O–H groups in total. The van der Waals surface area contributed by atoms with Crippen LogP contribution in [0.15, 0.2) is 42.5 Å². The van der Waals surface area contributed by atoms with Crippen molar-refractivity contribution >= 4 is 10.8 Å². The van der Waals surface area contributed by atoms with Gasteiger partial charge >= 0.3 is 0 Å². The standard InChI is InChI=1S/C17H21NO/c19-13-16-9-3-4-11-18(16)12-15-8-5-7-14-6-1-2-10-17(14)15/h1-2,5-8,10,16,19H,3-4,9,11-13H2. The largest absolute Gasteiger partial charge is 0.395 e. The van der Waals surface area contributed by atoms with Crippen LogP contribution in [0.2, 0.25) is 0 Å². The monoisotopic (exact) mass is 255 g/mol. The van der Waals surface area contributed by atoms with Crippen LogP contribution in [0.4, 0.5) is 0 Å². The van der Waals surface area contributed by atoms with E-state index in [-0.39, 0.29) is 6.61 Å². The first kappa shape index (κ1) is 12.6. The first-order valence-corrected chi connectivity index (χ1v) is 7.20. The second-order valence-electron chi connectivity index (χ2n) is 5.44. The lowest BCUT2D eigenvalue weighted by Gasteiger charge is -2.34. The summed E-state index contributed by atoms with van der Waals surface area (Å²) in [5.74, 6) is 0. The van der Waals surface area contributed by atoms with Gasteiger partial charge in [0.1, 0.15) is 0 Å². The van der Waals surface area contributed by atoms with Crippen LogP contribution in [0.25, 0.3) is 10.8 Å². The van der Waals surface area contributed by atoms with E-state index in [0.29, 0.717) is 6.04 Å². The topological polar surface area (TPSA) is 23.5 Å². The maximum absolute atomic E-state index is 9.51. The molecule has 0 aromatic heterocycles. The summed E-state index contributed by atoms with van der Waals surface area (Å²) in [5, 5.41) is 12.2. The third-order valence-electron chi connectivity index (χ3n) is 4.21. The first-order valence-electron chi connectivity index (χ1n) is 7.20. The Morgan fingerprint density at radius 3 is 2.79 bits per heavy atom. The van der Waals surface area contributed by atoms with Gasteiger partial charge in [0.05, 0.1) is 6.61 Å². The van der Waals surface area contributed by atoms with E-state index in [1.165, 1.54) is 29.2 Å². The van der Waals surface area contributed by atoms with Gasteiger partial charge in [0.25, 0.3) is 0 Å². The number of likely N-dealkylation sites (tertiary alicyclic amines) is 1. The van der Waals surface area contributed by atoms with Gasteiger partial charge in [-0.15, -0.1) is 0 Å². The lowest BCUT2D eigenvalue weighted by atomic mass is 9.99. The molecule has 3 rings (SSSR count). The van der Waals surface area contributed by atoms with Crippen LogP contribution in [0.5, 0.6) is 0 Å². The zero-order valence-corrected chi connectivity index (χ0v) is 11.3. The van der Waals surface area contributed by atoms with Gasteiger partial charge in [-0.1, -0.05) is 48.9 Å². The summed E-state index contributed by atoms with van der Waals surface area (Å²) in [6.45, 7) is 2.34. The molecule has 1 fully saturated rings. The SMILES string of the molecule is OCC1CCCCN1Cc1cccc2ccccc12. The van der Waals surface area contributed by atoms with E-state index in [0.717, 1.165) is 19.5 Å². The van der Waals surface area contributed by atoms with Gasteiger partial charge in [-0.25, -0.2) is 0 Å². The third-order valence-corrected chi connectivity index (χ3v) is 4.21. The second-order valence-corrected chi connectivity index (χ2v) is 5.44. The summed E-state index contributed by atoms with van der Waals surface area (Å²) in [5.41, 5.74) is 1.37. The molecule has 100 valence electrons. The molecule has 1 heterocycles. The molecule has 0 bridgehead atoms. The number of nitrogens with zero attached hydrogens (tertiary/aromatic N) is 1. The molecule has 19 heavy (non-hydrogen) atoms. The Morgan fingerprint density at radius 2 is 1.89 bits per heavy atom. The Hall–Kier alpha value is -1.38. The normalized spacial score (nSPS) is 20.8. The fourth-order valence-corrected chi connectivity index (χ4v) is 3.12. The number of hydrogen-bond donors (Lipinski definition) is 1. The van der Waals surface area contributed by atoms with E-state index >= 15 is 0 Å². The number of rotatable bonds is 3. The van der Waals surface area contributed by atoms with Gasteiger partial charge in [-0.05, 0) is 35.7 Å². The molecule has 2 heteroatoms. The summed E-state index contributed by atoms with van der Waals surface area (Å²) >= 11 is 0. The van der Waals surface area contributed by atoms with Crippen LogP contribution in [-0.4, -0.2) is 29.2 Å². The molecule has 2 aromatic rings. The molecule has 0 spiro atoms. The Balaban J connectivity index is 1.88. The minimum Gasteiger partial charge on any atom is -0.395 e. The van der Waals surface area contributed by atoms with Gasteiger partial charge in [-0.3, -0.25) is 4.90 Å². The minimum absolute atomic E-state index is 0.283. The molecule has 1 saturated heterocycles. The Labute approximate surface area is 114 Å². The van der Waals surface area contributed by atoms with Crippen molar-refractivity contribution in [3.8, 4) is 0 Å². The minimum atomic E-state index is 0.283.